The van der Waals surface area contributed by atoms with E-state index >= 15 is 0 Å². The van der Waals surface area contributed by atoms with E-state index in [-0.39, 0.29) is 17.9 Å². The van der Waals surface area contributed by atoms with Crippen molar-refractivity contribution < 1.29 is 9.59 Å². The number of anilines is 1. The predicted molar refractivity (Wildman–Crippen MR) is 95.3 cm³/mol. The molecule has 1 atom stereocenters. The Balaban J connectivity index is 1.69. The van der Waals surface area contributed by atoms with E-state index in [1.165, 1.54) is 5.56 Å². The molecule has 0 aromatic heterocycles. The van der Waals surface area contributed by atoms with Gasteiger partial charge < -0.3 is 10.2 Å². The van der Waals surface area contributed by atoms with Gasteiger partial charge in [-0.2, -0.15) is 0 Å². The highest BCUT2D eigenvalue weighted by Gasteiger charge is 2.31. The summed E-state index contributed by atoms with van der Waals surface area (Å²) in [4.78, 5) is 26.4. The summed E-state index contributed by atoms with van der Waals surface area (Å²) >= 11 is 0. The summed E-state index contributed by atoms with van der Waals surface area (Å²) in [5, 5.41) is 2.97. The van der Waals surface area contributed by atoms with E-state index in [4.69, 9.17) is 0 Å². The molecule has 124 valence electrons. The van der Waals surface area contributed by atoms with Crippen LogP contribution in [0.1, 0.15) is 33.5 Å². The van der Waals surface area contributed by atoms with E-state index in [2.05, 4.69) is 12.2 Å². The molecule has 1 saturated heterocycles. The van der Waals surface area contributed by atoms with E-state index in [0.29, 0.717) is 18.5 Å². The van der Waals surface area contributed by atoms with Gasteiger partial charge in [-0.15, -0.1) is 0 Å². The van der Waals surface area contributed by atoms with Gasteiger partial charge in [-0.25, -0.2) is 0 Å². The number of rotatable bonds is 3. The van der Waals surface area contributed by atoms with Crippen LogP contribution in [-0.4, -0.2) is 24.4 Å². The second kappa shape index (κ2) is 6.48. The van der Waals surface area contributed by atoms with Crippen molar-refractivity contribution in [2.45, 2.75) is 33.2 Å². The van der Waals surface area contributed by atoms with Crippen molar-refractivity contribution in [3.63, 3.8) is 0 Å². The highest BCUT2D eigenvalue weighted by Crippen LogP contribution is 2.24. The molecule has 0 bridgehead atoms. The fourth-order valence-corrected chi connectivity index (χ4v) is 2.92. The molecule has 1 aliphatic heterocycles. The van der Waals surface area contributed by atoms with Gasteiger partial charge in [0, 0.05) is 24.2 Å². The molecule has 0 aliphatic carbocycles. The van der Waals surface area contributed by atoms with Gasteiger partial charge in [0.15, 0.2) is 0 Å². The number of nitrogens with one attached hydrogen (secondary N) is 1. The summed E-state index contributed by atoms with van der Waals surface area (Å²) in [6, 6.07) is 13.3. The Hall–Kier alpha value is -2.62. The smallest absolute Gasteiger partial charge is 0.251 e. The highest BCUT2D eigenvalue weighted by molar-refractivity contribution is 5.99. The van der Waals surface area contributed by atoms with E-state index in [1.54, 1.807) is 4.90 Å². The molecule has 1 heterocycles. The molecule has 0 spiro atoms. The molecule has 0 radical (unpaired) electrons. The Bertz CT molecular complexity index is 781. The van der Waals surface area contributed by atoms with E-state index in [0.717, 1.165) is 16.8 Å². The van der Waals surface area contributed by atoms with Crippen LogP contribution < -0.4 is 10.2 Å². The number of carbonyl (C=O) groups excluding carboxylic acids is 2. The Labute approximate surface area is 142 Å². The Morgan fingerprint density at radius 1 is 1.04 bits per heavy atom. The molecule has 2 aromatic rings. The second-order valence-corrected chi connectivity index (χ2v) is 6.51. The normalized spacial score (nSPS) is 17.2. The molecular weight excluding hydrogens is 300 g/mol. The monoisotopic (exact) mass is 322 g/mol. The lowest BCUT2D eigenvalue weighted by Crippen LogP contribution is -2.37. The maximum Gasteiger partial charge on any atom is 0.251 e. The van der Waals surface area contributed by atoms with Crippen molar-refractivity contribution in [2.24, 2.45) is 0 Å². The summed E-state index contributed by atoms with van der Waals surface area (Å²) in [7, 11) is 0. The molecule has 0 unspecified atom stereocenters. The number of hydrogen-bond donors (Lipinski definition) is 1. The number of nitrogens with zero attached hydrogens (tertiary/aromatic N) is 1. The number of carbonyl (C=O) groups is 2. The van der Waals surface area contributed by atoms with Crippen molar-refractivity contribution >= 4 is 17.5 Å². The van der Waals surface area contributed by atoms with Crippen molar-refractivity contribution in [1.82, 2.24) is 5.32 Å². The average molecular weight is 322 g/mol. The van der Waals surface area contributed by atoms with Crippen LogP contribution in [-0.2, 0) is 4.79 Å². The minimum absolute atomic E-state index is 0.0486. The number of hydrogen-bond acceptors (Lipinski definition) is 2. The Kier molecular flexibility index (Phi) is 4.38. The van der Waals surface area contributed by atoms with Crippen LogP contribution in [0.5, 0.6) is 0 Å². The zero-order chi connectivity index (χ0) is 17.3. The lowest BCUT2D eigenvalue weighted by atomic mass is 10.1. The van der Waals surface area contributed by atoms with Gasteiger partial charge in [0.25, 0.3) is 5.91 Å². The van der Waals surface area contributed by atoms with Crippen molar-refractivity contribution in [3.05, 3.63) is 64.7 Å². The predicted octanol–water partition coefficient (Wildman–Crippen LogP) is 3.15. The second-order valence-electron chi connectivity index (χ2n) is 6.51. The van der Waals surface area contributed by atoms with Crippen molar-refractivity contribution in [2.75, 3.05) is 11.4 Å². The SMILES string of the molecule is Cc1ccc(C(=O)N[C@@H]2CC(=O)N(c3ccc(C)c(C)c3)C2)cc1. The Morgan fingerprint density at radius 3 is 2.42 bits per heavy atom. The van der Waals surface area contributed by atoms with Crippen LogP contribution in [0.15, 0.2) is 42.5 Å². The average Bonchev–Trinajstić information content (AvgIpc) is 2.91. The van der Waals surface area contributed by atoms with E-state index in [9.17, 15) is 9.59 Å². The lowest BCUT2D eigenvalue weighted by molar-refractivity contribution is -0.117. The summed E-state index contributed by atoms with van der Waals surface area (Å²) in [6.45, 7) is 6.59. The van der Waals surface area contributed by atoms with Crippen LogP contribution in [0.4, 0.5) is 5.69 Å². The van der Waals surface area contributed by atoms with E-state index < -0.39 is 0 Å². The van der Waals surface area contributed by atoms with Gasteiger partial charge in [-0.3, -0.25) is 9.59 Å². The molecule has 2 aromatic carbocycles. The van der Waals surface area contributed by atoms with Crippen LogP contribution in [0.3, 0.4) is 0 Å². The minimum Gasteiger partial charge on any atom is -0.347 e. The van der Waals surface area contributed by atoms with Gasteiger partial charge >= 0.3 is 0 Å². The number of amides is 2. The van der Waals surface area contributed by atoms with Gasteiger partial charge in [0.2, 0.25) is 5.91 Å². The summed E-state index contributed by atoms with van der Waals surface area (Å²) in [5.74, 6) is -0.0813. The first-order valence-corrected chi connectivity index (χ1v) is 8.19. The molecule has 2 amide bonds. The van der Waals surface area contributed by atoms with Crippen LogP contribution in [0, 0.1) is 20.8 Å². The fraction of sp³-hybridized carbons (Fsp3) is 0.300. The fourth-order valence-electron chi connectivity index (χ4n) is 2.92. The quantitative estimate of drug-likeness (QED) is 0.944. The molecule has 3 rings (SSSR count). The molecule has 24 heavy (non-hydrogen) atoms. The van der Waals surface area contributed by atoms with Crippen molar-refractivity contribution in [3.8, 4) is 0 Å². The molecule has 0 saturated carbocycles. The standard InChI is InChI=1S/C20H22N2O2/c1-13-4-7-16(8-5-13)20(24)21-17-11-19(23)22(12-17)18-9-6-14(2)15(3)10-18/h4-10,17H,11-12H2,1-3H3,(H,21,24)/t17-/m1/s1. The summed E-state index contributed by atoms with van der Waals surface area (Å²) in [6.07, 6.45) is 0.338. The van der Waals surface area contributed by atoms with Crippen LogP contribution in [0.2, 0.25) is 0 Å². The zero-order valence-electron chi connectivity index (χ0n) is 14.3. The third kappa shape index (κ3) is 3.32. The molecule has 1 N–H and O–H groups in total. The number of aryl methyl sites for hydroxylation is 3. The van der Waals surface area contributed by atoms with Gasteiger partial charge in [0.05, 0.1) is 6.04 Å². The summed E-state index contributed by atoms with van der Waals surface area (Å²) < 4.78 is 0. The first-order valence-electron chi connectivity index (χ1n) is 8.19. The summed E-state index contributed by atoms with van der Waals surface area (Å²) in [5.41, 5.74) is 5.00. The lowest BCUT2D eigenvalue weighted by Gasteiger charge is -2.18. The van der Waals surface area contributed by atoms with Crippen LogP contribution >= 0.6 is 0 Å². The molecule has 4 heteroatoms. The first kappa shape index (κ1) is 16.2. The third-order valence-electron chi connectivity index (χ3n) is 4.58. The maximum atomic E-state index is 12.3. The van der Waals surface area contributed by atoms with Gasteiger partial charge in [0.1, 0.15) is 0 Å². The third-order valence-corrected chi connectivity index (χ3v) is 4.58. The minimum atomic E-state index is -0.159. The van der Waals surface area contributed by atoms with E-state index in [1.807, 2.05) is 56.3 Å². The first-order chi connectivity index (χ1) is 11.4. The molecular formula is C20H22N2O2. The molecule has 1 fully saturated rings. The zero-order valence-corrected chi connectivity index (χ0v) is 14.3. The Morgan fingerprint density at radius 2 is 1.75 bits per heavy atom. The number of benzene rings is 2. The van der Waals surface area contributed by atoms with Crippen LogP contribution in [0.25, 0.3) is 0 Å². The topological polar surface area (TPSA) is 49.4 Å². The molecule has 4 nitrogen and oxygen atoms in total. The van der Waals surface area contributed by atoms with Gasteiger partial charge in [-0.1, -0.05) is 23.8 Å². The van der Waals surface area contributed by atoms with Crippen molar-refractivity contribution in [1.29, 1.82) is 0 Å². The maximum absolute atomic E-state index is 12.3. The highest BCUT2D eigenvalue weighted by atomic mass is 16.2. The molecule has 1 aliphatic rings. The largest absolute Gasteiger partial charge is 0.347 e. The van der Waals surface area contributed by atoms with Gasteiger partial charge in [-0.05, 0) is 56.2 Å².